The fraction of sp³-hybridized carbons (Fsp3) is 0.522. The molecule has 1 aromatic heterocycles. The molecule has 4 heterocycles. The molecule has 0 spiro atoms. The lowest BCUT2D eigenvalue weighted by atomic mass is 9.96. The fourth-order valence-electron chi connectivity index (χ4n) is 5.02. The Morgan fingerprint density at radius 2 is 2.13 bits per heavy atom. The predicted octanol–water partition coefficient (Wildman–Crippen LogP) is 3.95. The zero-order valence-electron chi connectivity index (χ0n) is 17.4. The van der Waals surface area contributed by atoms with E-state index in [1.165, 1.54) is 24.0 Å². The van der Waals surface area contributed by atoms with Crippen molar-refractivity contribution < 1.29 is 4.74 Å². The maximum absolute atomic E-state index is 5.99. The molecule has 3 aliphatic heterocycles. The van der Waals surface area contributed by atoms with Crippen molar-refractivity contribution in [2.75, 3.05) is 20.1 Å². The van der Waals surface area contributed by atoms with Crippen LogP contribution < -0.4 is 10.6 Å². The van der Waals surface area contributed by atoms with Gasteiger partial charge in [-0.3, -0.25) is 9.89 Å². The molecule has 2 N–H and O–H groups in total. The second-order valence-corrected chi connectivity index (χ2v) is 9.33. The first-order chi connectivity index (χ1) is 14.3. The predicted molar refractivity (Wildman–Crippen MR) is 134 cm³/mol. The van der Waals surface area contributed by atoms with Crippen molar-refractivity contribution in [2.24, 2.45) is 4.99 Å². The number of hydrogen-bond acceptors (Lipinski definition) is 4. The summed E-state index contributed by atoms with van der Waals surface area (Å²) in [5.74, 6) is 0.889. The molecule has 0 aliphatic carbocycles. The molecule has 0 radical (unpaired) electrons. The second-order valence-electron chi connectivity index (χ2n) is 8.33. The van der Waals surface area contributed by atoms with Crippen molar-refractivity contribution >= 4 is 41.3 Å². The van der Waals surface area contributed by atoms with Crippen LogP contribution in [0.25, 0.3) is 0 Å². The molecule has 7 heteroatoms. The standard InChI is InChI=1S/C23H30N4OS.HI/c1-24-23(26-19-13-18-7-8-21(19)28-18)25-14-20(16-5-3-2-4-6-16)27-11-9-22-17(15-27)10-12-29-22;/h2-6,10,12,18-21H,7-9,11,13-15H2,1H3,(H2,24,25,26);1H. The van der Waals surface area contributed by atoms with Gasteiger partial charge in [-0.1, -0.05) is 30.3 Å². The van der Waals surface area contributed by atoms with Crippen LogP contribution in [-0.2, 0) is 17.7 Å². The lowest BCUT2D eigenvalue weighted by Crippen LogP contribution is -2.49. The maximum atomic E-state index is 5.99. The van der Waals surface area contributed by atoms with E-state index >= 15 is 0 Å². The van der Waals surface area contributed by atoms with Crippen molar-refractivity contribution in [3.63, 3.8) is 0 Å². The SMILES string of the molecule is CN=C(NCC(c1ccccc1)N1CCc2sccc2C1)NC1CC2CCC1O2.I. The van der Waals surface area contributed by atoms with Crippen LogP contribution >= 0.6 is 35.3 Å². The Hall–Kier alpha value is -1.16. The molecule has 5 rings (SSSR count). The minimum Gasteiger partial charge on any atom is -0.373 e. The number of guanidine groups is 1. The minimum absolute atomic E-state index is 0. The van der Waals surface area contributed by atoms with Gasteiger partial charge in [-0.25, -0.2) is 0 Å². The zero-order valence-corrected chi connectivity index (χ0v) is 20.6. The second kappa shape index (κ2) is 9.97. The van der Waals surface area contributed by atoms with E-state index in [4.69, 9.17) is 4.74 Å². The highest BCUT2D eigenvalue weighted by Gasteiger charge is 2.41. The van der Waals surface area contributed by atoms with E-state index in [1.54, 1.807) is 4.88 Å². The first-order valence-corrected chi connectivity index (χ1v) is 11.6. The molecule has 4 unspecified atom stereocenters. The molecule has 2 aromatic rings. The fourth-order valence-corrected chi connectivity index (χ4v) is 5.91. The van der Waals surface area contributed by atoms with E-state index in [1.807, 2.05) is 18.4 Å². The van der Waals surface area contributed by atoms with Gasteiger partial charge in [-0.05, 0) is 48.3 Å². The van der Waals surface area contributed by atoms with Crippen LogP contribution in [0.5, 0.6) is 0 Å². The van der Waals surface area contributed by atoms with Crippen molar-refractivity contribution in [3.8, 4) is 0 Å². The Labute approximate surface area is 200 Å². The van der Waals surface area contributed by atoms with Gasteiger partial charge in [-0.2, -0.15) is 0 Å². The zero-order chi connectivity index (χ0) is 19.6. The van der Waals surface area contributed by atoms with E-state index in [9.17, 15) is 0 Å². The van der Waals surface area contributed by atoms with E-state index in [-0.39, 0.29) is 24.0 Å². The molecule has 2 bridgehead atoms. The highest BCUT2D eigenvalue weighted by Crippen LogP contribution is 2.34. The normalized spacial score (nSPS) is 26.7. The topological polar surface area (TPSA) is 48.9 Å². The molecule has 3 aliphatic rings. The molecule has 0 amide bonds. The number of benzene rings is 1. The van der Waals surface area contributed by atoms with Gasteiger partial charge >= 0.3 is 0 Å². The summed E-state index contributed by atoms with van der Waals surface area (Å²) in [6.45, 7) is 2.96. The third-order valence-corrected chi connectivity index (χ3v) is 7.60. The molecule has 2 saturated heterocycles. The molecular formula is C23H31IN4OS. The minimum atomic E-state index is 0. The van der Waals surface area contributed by atoms with E-state index < -0.39 is 0 Å². The third kappa shape index (κ3) is 4.69. The van der Waals surface area contributed by atoms with Crippen molar-refractivity contribution in [3.05, 3.63) is 57.8 Å². The van der Waals surface area contributed by atoms with Crippen LogP contribution in [0.1, 0.15) is 41.3 Å². The van der Waals surface area contributed by atoms with Gasteiger partial charge in [0.15, 0.2) is 5.96 Å². The van der Waals surface area contributed by atoms with Crippen molar-refractivity contribution in [2.45, 2.75) is 56.5 Å². The summed E-state index contributed by atoms with van der Waals surface area (Å²) in [5, 5.41) is 9.46. The summed E-state index contributed by atoms with van der Waals surface area (Å²) < 4.78 is 5.99. The summed E-state index contributed by atoms with van der Waals surface area (Å²) in [6, 6.07) is 13.9. The summed E-state index contributed by atoms with van der Waals surface area (Å²) >= 11 is 1.90. The van der Waals surface area contributed by atoms with Crippen LogP contribution in [0.4, 0.5) is 0 Å². The molecular weight excluding hydrogens is 507 g/mol. The largest absolute Gasteiger partial charge is 0.373 e. The number of halogens is 1. The van der Waals surface area contributed by atoms with E-state index in [2.05, 4.69) is 62.3 Å². The summed E-state index contributed by atoms with van der Waals surface area (Å²) in [4.78, 5) is 8.65. The monoisotopic (exact) mass is 538 g/mol. The van der Waals surface area contributed by atoms with Gasteiger partial charge in [0.05, 0.1) is 24.3 Å². The van der Waals surface area contributed by atoms with Gasteiger partial charge in [0, 0.05) is 31.6 Å². The van der Waals surface area contributed by atoms with Gasteiger partial charge < -0.3 is 15.4 Å². The highest BCUT2D eigenvalue weighted by atomic mass is 127. The quantitative estimate of drug-likeness (QED) is 0.344. The van der Waals surface area contributed by atoms with Gasteiger partial charge in [-0.15, -0.1) is 35.3 Å². The van der Waals surface area contributed by atoms with Gasteiger partial charge in [0.25, 0.3) is 0 Å². The van der Waals surface area contributed by atoms with E-state index in [0.717, 1.165) is 38.4 Å². The molecule has 162 valence electrons. The van der Waals surface area contributed by atoms with Crippen LogP contribution in [0, 0.1) is 0 Å². The first-order valence-electron chi connectivity index (χ1n) is 10.8. The average Bonchev–Trinajstić information content (AvgIpc) is 3.50. The highest BCUT2D eigenvalue weighted by molar-refractivity contribution is 14.0. The average molecular weight is 538 g/mol. The Morgan fingerprint density at radius 1 is 1.27 bits per heavy atom. The molecule has 4 atom stereocenters. The van der Waals surface area contributed by atoms with Gasteiger partial charge in [0.1, 0.15) is 0 Å². The third-order valence-electron chi connectivity index (χ3n) is 6.58. The smallest absolute Gasteiger partial charge is 0.191 e. The molecule has 2 fully saturated rings. The summed E-state index contributed by atoms with van der Waals surface area (Å²) in [7, 11) is 1.86. The number of hydrogen-bond donors (Lipinski definition) is 2. The first kappa shape index (κ1) is 22.0. The van der Waals surface area contributed by atoms with Crippen LogP contribution in [0.15, 0.2) is 46.8 Å². The Balaban J connectivity index is 0.00000218. The van der Waals surface area contributed by atoms with Crippen LogP contribution in [-0.4, -0.2) is 49.2 Å². The summed E-state index contributed by atoms with van der Waals surface area (Å²) in [6.07, 6.45) is 5.42. The Kier molecular flexibility index (Phi) is 7.33. The lowest BCUT2D eigenvalue weighted by molar-refractivity contribution is 0.0992. The van der Waals surface area contributed by atoms with Gasteiger partial charge in [0.2, 0.25) is 0 Å². The summed E-state index contributed by atoms with van der Waals surface area (Å²) in [5.41, 5.74) is 2.85. The van der Waals surface area contributed by atoms with Crippen molar-refractivity contribution in [1.82, 2.24) is 15.5 Å². The maximum Gasteiger partial charge on any atom is 0.191 e. The molecule has 1 aromatic carbocycles. The molecule has 5 nitrogen and oxygen atoms in total. The van der Waals surface area contributed by atoms with E-state index in [0.29, 0.717) is 24.3 Å². The number of rotatable bonds is 5. The van der Waals surface area contributed by atoms with Crippen LogP contribution in [0.3, 0.4) is 0 Å². The van der Waals surface area contributed by atoms with Crippen molar-refractivity contribution in [1.29, 1.82) is 0 Å². The number of thiophene rings is 1. The number of ether oxygens (including phenoxy) is 1. The molecule has 30 heavy (non-hydrogen) atoms. The number of fused-ring (bicyclic) bond motifs is 3. The van der Waals surface area contributed by atoms with Crippen LogP contribution in [0.2, 0.25) is 0 Å². The Bertz CT molecular complexity index is 858. The number of nitrogens with zero attached hydrogens (tertiary/aromatic N) is 2. The number of nitrogens with one attached hydrogen (secondary N) is 2. The number of aliphatic imine (C=N–C) groups is 1. The Morgan fingerprint density at radius 3 is 2.87 bits per heavy atom. The lowest BCUT2D eigenvalue weighted by Gasteiger charge is -2.35. The molecule has 0 saturated carbocycles.